The second-order valence-electron chi connectivity index (χ2n) is 11.1. The molecule has 2 N–H and O–H groups in total. The minimum atomic E-state index is -0.492. The Bertz CT molecular complexity index is 1340. The molecule has 7 heteroatoms. The molecule has 0 bridgehead atoms. The molecule has 0 radical (unpaired) electrons. The van der Waals surface area contributed by atoms with Crippen molar-refractivity contribution < 1.29 is 14.6 Å². The number of hydrogen-bond donors (Lipinski definition) is 2. The Morgan fingerprint density at radius 1 is 1.15 bits per heavy atom. The van der Waals surface area contributed by atoms with E-state index >= 15 is 0 Å². The average molecular weight is 544 g/mol. The zero-order chi connectivity index (χ0) is 27.4. The first kappa shape index (κ1) is 27.4. The van der Waals surface area contributed by atoms with E-state index in [2.05, 4.69) is 40.6 Å². The number of aliphatic hydroxyl groups excluding tert-OH is 1. The molecule has 3 aromatic rings. The molecule has 1 heterocycles. The zero-order valence-corrected chi connectivity index (χ0v) is 23.5. The highest BCUT2D eigenvalue weighted by atomic mass is 32.1. The Hall–Kier alpha value is -3.21. The molecule has 0 aliphatic heterocycles. The van der Waals surface area contributed by atoms with Crippen molar-refractivity contribution in [2.24, 2.45) is 11.8 Å². The fourth-order valence-electron chi connectivity index (χ4n) is 6.46. The van der Waals surface area contributed by atoms with E-state index in [4.69, 9.17) is 4.74 Å². The van der Waals surface area contributed by atoms with E-state index in [1.807, 2.05) is 25.1 Å². The molecule has 2 aliphatic rings. The molecule has 1 aromatic heterocycles. The molecule has 4 unspecified atom stereocenters. The van der Waals surface area contributed by atoms with Crippen LogP contribution in [0.25, 0.3) is 10.4 Å². The van der Waals surface area contributed by atoms with Crippen LogP contribution in [0.3, 0.4) is 0 Å². The van der Waals surface area contributed by atoms with Gasteiger partial charge in [0, 0.05) is 18.0 Å². The van der Waals surface area contributed by atoms with Crippen LogP contribution in [0.15, 0.2) is 48.7 Å². The molecule has 204 valence electrons. The molecule has 1 amide bonds. The van der Waals surface area contributed by atoms with Gasteiger partial charge >= 0.3 is 0 Å². The molecule has 2 saturated carbocycles. The smallest absolute Gasteiger partial charge is 0.223 e. The van der Waals surface area contributed by atoms with Crippen LogP contribution in [0, 0.1) is 30.1 Å². The Kier molecular flexibility index (Phi) is 8.64. The van der Waals surface area contributed by atoms with E-state index in [0.717, 1.165) is 71.4 Å². The van der Waals surface area contributed by atoms with E-state index in [-0.39, 0.29) is 29.7 Å². The van der Waals surface area contributed by atoms with E-state index < -0.39 is 6.10 Å². The summed E-state index contributed by atoms with van der Waals surface area (Å²) in [4.78, 5) is 18.6. The Balaban J connectivity index is 1.40. The number of aryl methyl sites for hydroxylation is 1. The number of nitrogens with zero attached hydrogens (tertiary/aromatic N) is 2. The third-order valence-corrected chi connectivity index (χ3v) is 9.53. The third-order valence-electron chi connectivity index (χ3n) is 8.58. The number of carbonyl (C=O) groups excluding carboxylic acids is 1. The summed E-state index contributed by atoms with van der Waals surface area (Å²) in [6.45, 7) is 2.03. The maximum Gasteiger partial charge on any atom is 0.223 e. The van der Waals surface area contributed by atoms with Crippen LogP contribution in [0.1, 0.15) is 85.0 Å². The Morgan fingerprint density at radius 2 is 1.97 bits per heavy atom. The predicted octanol–water partition coefficient (Wildman–Crippen LogP) is 6.68. The largest absolute Gasteiger partial charge is 0.496 e. The molecule has 6 nitrogen and oxygen atoms in total. The highest BCUT2D eigenvalue weighted by molar-refractivity contribution is 7.15. The molecule has 0 spiro atoms. The number of aromatic nitrogens is 1. The highest BCUT2D eigenvalue weighted by Gasteiger charge is 2.36. The van der Waals surface area contributed by atoms with E-state index in [1.54, 1.807) is 13.3 Å². The fourth-order valence-corrected chi connectivity index (χ4v) is 7.17. The molecule has 39 heavy (non-hydrogen) atoms. The maximum absolute atomic E-state index is 13.5. The van der Waals surface area contributed by atoms with Crippen molar-refractivity contribution in [3.63, 3.8) is 0 Å². The number of hydrogen-bond acceptors (Lipinski definition) is 6. The first-order chi connectivity index (χ1) is 19.0. The number of benzene rings is 2. The van der Waals surface area contributed by atoms with Gasteiger partial charge in [0.2, 0.25) is 5.91 Å². The lowest BCUT2D eigenvalue weighted by atomic mass is 9.72. The Labute approximate surface area is 235 Å². The van der Waals surface area contributed by atoms with Crippen LogP contribution in [0.5, 0.6) is 5.75 Å². The van der Waals surface area contributed by atoms with Gasteiger partial charge in [-0.1, -0.05) is 49.6 Å². The third kappa shape index (κ3) is 6.18. The van der Waals surface area contributed by atoms with Gasteiger partial charge in [0.1, 0.15) is 11.8 Å². The summed E-state index contributed by atoms with van der Waals surface area (Å²) < 4.78 is 5.43. The molecular formula is C32H37N3O3S. The lowest BCUT2D eigenvalue weighted by Crippen LogP contribution is -2.41. The number of aliphatic hydroxyl groups is 1. The van der Waals surface area contributed by atoms with Crippen molar-refractivity contribution in [2.45, 2.75) is 76.4 Å². The number of rotatable bonds is 7. The first-order valence-corrected chi connectivity index (χ1v) is 14.9. The van der Waals surface area contributed by atoms with E-state index in [9.17, 15) is 15.2 Å². The van der Waals surface area contributed by atoms with Crippen LogP contribution < -0.4 is 10.1 Å². The summed E-state index contributed by atoms with van der Waals surface area (Å²) >= 11 is 1.37. The van der Waals surface area contributed by atoms with E-state index in [1.165, 1.54) is 17.8 Å². The summed E-state index contributed by atoms with van der Waals surface area (Å²) in [5.41, 5.74) is 4.25. The second-order valence-corrected chi connectivity index (χ2v) is 12.1. The van der Waals surface area contributed by atoms with Gasteiger partial charge in [-0.25, -0.2) is 4.98 Å². The topological polar surface area (TPSA) is 95.2 Å². The van der Waals surface area contributed by atoms with Gasteiger partial charge in [0.15, 0.2) is 5.01 Å². The summed E-state index contributed by atoms with van der Waals surface area (Å²) in [6.07, 6.45) is 8.94. The van der Waals surface area contributed by atoms with Crippen LogP contribution in [0.2, 0.25) is 0 Å². The van der Waals surface area contributed by atoms with Gasteiger partial charge in [0.25, 0.3) is 0 Å². The Morgan fingerprint density at radius 3 is 2.67 bits per heavy atom. The van der Waals surface area contributed by atoms with Gasteiger partial charge in [-0.3, -0.25) is 4.79 Å². The quantitative estimate of drug-likeness (QED) is 0.347. The van der Waals surface area contributed by atoms with Gasteiger partial charge in [0.05, 0.1) is 24.1 Å². The number of amides is 1. The van der Waals surface area contributed by atoms with Crippen molar-refractivity contribution >= 4 is 17.2 Å². The van der Waals surface area contributed by atoms with Crippen LogP contribution in [-0.2, 0) is 4.79 Å². The van der Waals surface area contributed by atoms with Crippen molar-refractivity contribution in [1.82, 2.24) is 10.3 Å². The van der Waals surface area contributed by atoms with E-state index in [0.29, 0.717) is 11.4 Å². The summed E-state index contributed by atoms with van der Waals surface area (Å²) in [5, 5.41) is 24.5. The standard InChI is InChI=1S/C32H37N3O3S/c1-20-15-22(12-14-28(20)38-2)26-13-11-25(17-27(26)36)31(35-32(37)21-7-4-3-5-8-21)24-10-6-9-23(16-24)29-19-34-30(18-33)39-29/h6,9-10,12,14-16,19,21,25-27,31,36H,3-5,7-8,11,13,17H2,1-2H3,(H,35,37). The number of thiazole rings is 1. The van der Waals surface area contributed by atoms with Gasteiger partial charge in [-0.2, -0.15) is 5.26 Å². The van der Waals surface area contributed by atoms with Crippen LogP contribution >= 0.6 is 11.3 Å². The van der Waals surface area contributed by atoms with Gasteiger partial charge in [-0.15, -0.1) is 11.3 Å². The highest BCUT2D eigenvalue weighted by Crippen LogP contribution is 2.43. The monoisotopic (exact) mass is 543 g/mol. The zero-order valence-electron chi connectivity index (χ0n) is 22.7. The molecule has 2 aromatic carbocycles. The lowest BCUT2D eigenvalue weighted by molar-refractivity contribution is -0.127. The molecule has 5 rings (SSSR count). The van der Waals surface area contributed by atoms with Gasteiger partial charge < -0.3 is 15.2 Å². The number of nitrogens with one attached hydrogen (secondary N) is 1. The lowest BCUT2D eigenvalue weighted by Gasteiger charge is -2.38. The minimum absolute atomic E-state index is 0.0626. The van der Waals surface area contributed by atoms with Crippen LogP contribution in [-0.4, -0.2) is 29.2 Å². The minimum Gasteiger partial charge on any atom is -0.496 e. The SMILES string of the molecule is COc1ccc(C2CCC(C(NC(=O)C3CCCCC3)c3cccc(-c4cnc(C#N)s4)c3)CC2O)cc1C. The fraction of sp³-hybridized carbons (Fsp3) is 0.469. The number of methoxy groups -OCH3 is 1. The summed E-state index contributed by atoms with van der Waals surface area (Å²) in [6, 6.07) is 16.3. The second kappa shape index (κ2) is 12.3. The number of nitriles is 1. The molecule has 2 fully saturated rings. The summed E-state index contributed by atoms with van der Waals surface area (Å²) in [5.74, 6) is 1.24. The number of carbonyl (C=O) groups is 1. The number of ether oxygens (including phenoxy) is 1. The van der Waals surface area contributed by atoms with Crippen LogP contribution in [0.4, 0.5) is 0 Å². The normalized spacial score (nSPS) is 22.6. The van der Waals surface area contributed by atoms with Crippen molar-refractivity contribution in [2.75, 3.05) is 7.11 Å². The first-order valence-electron chi connectivity index (χ1n) is 14.1. The maximum atomic E-state index is 13.5. The summed E-state index contributed by atoms with van der Waals surface area (Å²) in [7, 11) is 1.68. The van der Waals surface area contributed by atoms with Crippen molar-refractivity contribution in [1.29, 1.82) is 5.26 Å². The molecule has 4 atom stereocenters. The van der Waals surface area contributed by atoms with Crippen molar-refractivity contribution in [3.05, 3.63) is 70.4 Å². The molecule has 0 saturated heterocycles. The predicted molar refractivity (Wildman–Crippen MR) is 154 cm³/mol. The molecule has 2 aliphatic carbocycles. The average Bonchev–Trinajstić information content (AvgIpc) is 3.46. The van der Waals surface area contributed by atoms with Gasteiger partial charge in [-0.05, 0) is 79.3 Å². The molecular weight excluding hydrogens is 506 g/mol. The van der Waals surface area contributed by atoms with Crippen molar-refractivity contribution in [3.8, 4) is 22.3 Å².